The van der Waals surface area contributed by atoms with Crippen LogP contribution in [0, 0.1) is 0 Å². The van der Waals surface area contributed by atoms with Crippen molar-refractivity contribution in [3.63, 3.8) is 0 Å². The van der Waals surface area contributed by atoms with E-state index in [9.17, 15) is 0 Å². The third-order valence-electron chi connectivity index (χ3n) is 3.44. The first-order valence-corrected chi connectivity index (χ1v) is 6.09. The van der Waals surface area contributed by atoms with E-state index in [-0.39, 0.29) is 0 Å². The molecule has 1 aliphatic heterocycles. The number of hydrogen-bond donors (Lipinski definition) is 2. The number of nitrogens with zero attached hydrogens (tertiary/aromatic N) is 3. The number of imidazole rings is 1. The first-order chi connectivity index (χ1) is 8.34. The summed E-state index contributed by atoms with van der Waals surface area (Å²) in [5.41, 5.74) is 1.80. The molecule has 1 saturated heterocycles. The van der Waals surface area contributed by atoms with Gasteiger partial charge in [-0.05, 0) is 38.1 Å². The predicted octanol–water partition coefficient (Wildman–Crippen LogP) is 1.15. The van der Waals surface area contributed by atoms with Crippen LogP contribution in [0.25, 0.3) is 11.2 Å². The lowest BCUT2D eigenvalue weighted by Gasteiger charge is -2.31. The maximum Gasteiger partial charge on any atom is 0.205 e. The summed E-state index contributed by atoms with van der Waals surface area (Å²) in [5, 5.41) is 3.38. The van der Waals surface area contributed by atoms with Crippen molar-refractivity contribution in [1.29, 1.82) is 0 Å². The summed E-state index contributed by atoms with van der Waals surface area (Å²) >= 11 is 0. The summed E-state index contributed by atoms with van der Waals surface area (Å²) in [4.78, 5) is 14.3. The number of piperidine rings is 1. The highest BCUT2D eigenvalue weighted by Crippen LogP contribution is 2.19. The molecule has 3 heterocycles. The van der Waals surface area contributed by atoms with Crippen LogP contribution in [0.2, 0.25) is 0 Å². The van der Waals surface area contributed by atoms with E-state index < -0.39 is 0 Å². The van der Waals surface area contributed by atoms with Crippen LogP contribution in [0.3, 0.4) is 0 Å². The van der Waals surface area contributed by atoms with E-state index >= 15 is 0 Å². The Kier molecular flexibility index (Phi) is 2.68. The lowest BCUT2D eigenvalue weighted by atomic mass is 10.1. The monoisotopic (exact) mass is 231 g/mol. The van der Waals surface area contributed by atoms with Crippen molar-refractivity contribution in [3.8, 4) is 0 Å². The third-order valence-corrected chi connectivity index (χ3v) is 3.44. The van der Waals surface area contributed by atoms with Gasteiger partial charge in [0.1, 0.15) is 0 Å². The van der Waals surface area contributed by atoms with E-state index in [1.54, 1.807) is 6.20 Å². The van der Waals surface area contributed by atoms with E-state index in [0.717, 1.165) is 30.2 Å². The first-order valence-electron chi connectivity index (χ1n) is 6.09. The number of nitrogens with one attached hydrogen (secondary N) is 2. The molecule has 0 atom stereocenters. The second kappa shape index (κ2) is 4.33. The zero-order chi connectivity index (χ0) is 11.7. The van der Waals surface area contributed by atoms with Crippen molar-refractivity contribution in [2.24, 2.45) is 0 Å². The minimum atomic E-state index is 0.566. The maximum absolute atomic E-state index is 4.53. The second-order valence-corrected chi connectivity index (χ2v) is 4.53. The van der Waals surface area contributed by atoms with Gasteiger partial charge in [0.2, 0.25) is 5.95 Å². The Labute approximate surface area is 100 Å². The molecule has 2 N–H and O–H groups in total. The Morgan fingerprint density at radius 2 is 2.18 bits per heavy atom. The number of aromatic nitrogens is 3. The average Bonchev–Trinajstić information content (AvgIpc) is 2.82. The van der Waals surface area contributed by atoms with Gasteiger partial charge < -0.3 is 15.2 Å². The number of fused-ring (bicyclic) bond motifs is 1. The molecule has 0 spiro atoms. The van der Waals surface area contributed by atoms with Crippen molar-refractivity contribution in [3.05, 3.63) is 18.3 Å². The number of anilines is 1. The summed E-state index contributed by atoms with van der Waals surface area (Å²) in [6, 6.07) is 4.50. The molecule has 0 aromatic carbocycles. The van der Waals surface area contributed by atoms with Crippen LogP contribution < -0.4 is 10.2 Å². The van der Waals surface area contributed by atoms with Gasteiger partial charge in [-0.2, -0.15) is 4.98 Å². The molecule has 2 aromatic rings. The largest absolute Gasteiger partial charge is 0.342 e. The van der Waals surface area contributed by atoms with E-state index in [4.69, 9.17) is 0 Å². The molecule has 1 fully saturated rings. The summed E-state index contributed by atoms with van der Waals surface area (Å²) < 4.78 is 0. The lowest BCUT2D eigenvalue weighted by molar-refractivity contribution is 0.440. The maximum atomic E-state index is 4.53. The molecule has 5 heteroatoms. The molecule has 0 saturated carbocycles. The summed E-state index contributed by atoms with van der Waals surface area (Å²) in [6.07, 6.45) is 4.11. The van der Waals surface area contributed by atoms with Gasteiger partial charge >= 0.3 is 0 Å². The van der Waals surface area contributed by atoms with E-state index in [1.807, 2.05) is 12.1 Å². The highest BCUT2D eigenvalue weighted by molar-refractivity contribution is 5.73. The third kappa shape index (κ3) is 1.98. The number of aromatic amines is 1. The Morgan fingerprint density at radius 1 is 1.35 bits per heavy atom. The quantitative estimate of drug-likeness (QED) is 0.814. The zero-order valence-corrected chi connectivity index (χ0v) is 9.98. The fraction of sp³-hybridized carbons (Fsp3) is 0.500. The summed E-state index contributed by atoms with van der Waals surface area (Å²) in [7, 11) is 2.10. The first kappa shape index (κ1) is 10.5. The van der Waals surface area contributed by atoms with Gasteiger partial charge in [0, 0.05) is 19.3 Å². The van der Waals surface area contributed by atoms with Crippen molar-refractivity contribution in [2.45, 2.75) is 18.9 Å². The second-order valence-electron chi connectivity index (χ2n) is 4.53. The molecule has 0 bridgehead atoms. The summed E-state index contributed by atoms with van der Waals surface area (Å²) in [5.74, 6) is 0.922. The van der Waals surface area contributed by atoms with Crippen LogP contribution >= 0.6 is 0 Å². The van der Waals surface area contributed by atoms with Gasteiger partial charge in [0.25, 0.3) is 0 Å². The van der Waals surface area contributed by atoms with E-state index in [1.165, 1.54) is 12.8 Å². The molecular weight excluding hydrogens is 214 g/mol. The fourth-order valence-electron chi connectivity index (χ4n) is 2.37. The van der Waals surface area contributed by atoms with E-state index in [0.29, 0.717) is 6.04 Å². The molecular formula is C12H17N5. The molecule has 3 rings (SSSR count). The number of H-pyrrole nitrogens is 1. The van der Waals surface area contributed by atoms with Gasteiger partial charge in [-0.25, -0.2) is 4.98 Å². The topological polar surface area (TPSA) is 56.8 Å². The highest BCUT2D eigenvalue weighted by atomic mass is 15.3. The van der Waals surface area contributed by atoms with Gasteiger partial charge in [-0.15, -0.1) is 0 Å². The van der Waals surface area contributed by atoms with Crippen LogP contribution in [0.15, 0.2) is 18.3 Å². The number of pyridine rings is 1. The smallest absolute Gasteiger partial charge is 0.205 e. The molecule has 0 radical (unpaired) electrons. The molecule has 2 aromatic heterocycles. The highest BCUT2D eigenvalue weighted by Gasteiger charge is 2.20. The Balaban J connectivity index is 1.86. The normalized spacial score (nSPS) is 17.5. The minimum Gasteiger partial charge on any atom is -0.342 e. The van der Waals surface area contributed by atoms with Gasteiger partial charge in [0.15, 0.2) is 5.65 Å². The van der Waals surface area contributed by atoms with Crippen molar-refractivity contribution < 1.29 is 0 Å². The van der Waals surface area contributed by atoms with Crippen LogP contribution in [-0.2, 0) is 0 Å². The van der Waals surface area contributed by atoms with Crippen molar-refractivity contribution >= 4 is 17.1 Å². The lowest BCUT2D eigenvalue weighted by Crippen LogP contribution is -2.41. The molecule has 90 valence electrons. The number of hydrogen-bond acceptors (Lipinski definition) is 4. The summed E-state index contributed by atoms with van der Waals surface area (Å²) in [6.45, 7) is 2.18. The van der Waals surface area contributed by atoms with Crippen LogP contribution in [0.1, 0.15) is 12.8 Å². The molecule has 17 heavy (non-hydrogen) atoms. The van der Waals surface area contributed by atoms with Crippen molar-refractivity contribution in [2.75, 3.05) is 25.0 Å². The van der Waals surface area contributed by atoms with Gasteiger partial charge in [-0.3, -0.25) is 0 Å². The number of rotatable bonds is 2. The Morgan fingerprint density at radius 3 is 2.94 bits per heavy atom. The van der Waals surface area contributed by atoms with Crippen molar-refractivity contribution in [1.82, 2.24) is 20.3 Å². The van der Waals surface area contributed by atoms with Crippen LogP contribution in [-0.4, -0.2) is 41.1 Å². The standard InChI is InChI=1S/C12H17N5/c1-17(9-4-7-13-8-5-9)12-15-10-3-2-6-14-11(10)16-12/h2-3,6,9,13H,4-5,7-8H2,1H3,(H,14,15,16). The molecule has 1 aliphatic rings. The molecule has 5 nitrogen and oxygen atoms in total. The zero-order valence-electron chi connectivity index (χ0n) is 9.98. The van der Waals surface area contributed by atoms with E-state index in [2.05, 4.69) is 32.2 Å². The Bertz CT molecular complexity index is 467. The molecule has 0 unspecified atom stereocenters. The fourth-order valence-corrected chi connectivity index (χ4v) is 2.37. The van der Waals surface area contributed by atoms with Gasteiger partial charge in [0.05, 0.1) is 5.52 Å². The SMILES string of the molecule is CN(c1nc2ncccc2[nH]1)C1CCNCC1. The van der Waals surface area contributed by atoms with Gasteiger partial charge in [-0.1, -0.05) is 0 Å². The van der Waals surface area contributed by atoms with Crippen LogP contribution in [0.5, 0.6) is 0 Å². The predicted molar refractivity (Wildman–Crippen MR) is 68.2 cm³/mol. The van der Waals surface area contributed by atoms with Crippen LogP contribution in [0.4, 0.5) is 5.95 Å². The minimum absolute atomic E-state index is 0.566. The Hall–Kier alpha value is -1.62. The molecule has 0 amide bonds. The molecule has 0 aliphatic carbocycles. The average molecular weight is 231 g/mol.